The van der Waals surface area contributed by atoms with Crippen molar-refractivity contribution in [3.8, 4) is 0 Å². The first-order chi connectivity index (χ1) is 9.54. The van der Waals surface area contributed by atoms with Crippen LogP contribution in [0.1, 0.15) is 30.4 Å². The van der Waals surface area contributed by atoms with Gasteiger partial charge in [-0.05, 0) is 50.1 Å². The third-order valence-electron chi connectivity index (χ3n) is 3.48. The summed E-state index contributed by atoms with van der Waals surface area (Å²) in [6.07, 6.45) is 3.77. The van der Waals surface area contributed by atoms with Gasteiger partial charge in [-0.25, -0.2) is 4.39 Å². The minimum Gasteiger partial charge on any atom is -0.389 e. The number of thiocarbonyl (C=S) groups is 1. The van der Waals surface area contributed by atoms with Crippen LogP contribution in [0, 0.1) is 5.82 Å². The molecule has 2 rings (SSSR count). The Morgan fingerprint density at radius 1 is 1.45 bits per heavy atom. The molecule has 1 aromatic carbocycles. The van der Waals surface area contributed by atoms with E-state index in [1.165, 1.54) is 18.6 Å². The Labute approximate surface area is 124 Å². The summed E-state index contributed by atoms with van der Waals surface area (Å²) in [7, 11) is 2.02. The van der Waals surface area contributed by atoms with E-state index in [4.69, 9.17) is 22.7 Å². The highest BCUT2D eigenvalue weighted by Crippen LogP contribution is 2.16. The molecule has 1 unspecified atom stereocenters. The Morgan fingerprint density at radius 3 is 2.90 bits per heavy atom. The zero-order valence-electron chi connectivity index (χ0n) is 11.8. The molecule has 1 aliphatic rings. The Kier molecular flexibility index (Phi) is 5.46. The van der Waals surface area contributed by atoms with Crippen molar-refractivity contribution in [2.75, 3.05) is 20.2 Å². The van der Waals surface area contributed by atoms with Gasteiger partial charge in [-0.2, -0.15) is 0 Å². The Balaban J connectivity index is 1.96. The second-order valence-electron chi connectivity index (χ2n) is 5.40. The van der Waals surface area contributed by atoms with Crippen molar-refractivity contribution in [2.24, 2.45) is 5.73 Å². The smallest absolute Gasteiger partial charge is 0.124 e. The lowest BCUT2D eigenvalue weighted by Crippen LogP contribution is -2.33. The van der Waals surface area contributed by atoms with Crippen molar-refractivity contribution >= 4 is 17.2 Å². The van der Waals surface area contributed by atoms with Gasteiger partial charge in [0.05, 0.1) is 6.10 Å². The van der Waals surface area contributed by atoms with Gasteiger partial charge >= 0.3 is 0 Å². The maximum atomic E-state index is 13.5. The molecular formula is C15H21FN2OS. The van der Waals surface area contributed by atoms with Crippen LogP contribution in [-0.4, -0.2) is 36.2 Å². The Hall–Kier alpha value is -1.04. The zero-order chi connectivity index (χ0) is 14.5. The molecule has 1 saturated heterocycles. The molecule has 0 aromatic heterocycles. The highest BCUT2D eigenvalue weighted by molar-refractivity contribution is 7.80. The van der Waals surface area contributed by atoms with Crippen LogP contribution < -0.4 is 5.73 Å². The molecule has 0 saturated carbocycles. The summed E-state index contributed by atoms with van der Waals surface area (Å²) in [5, 5.41) is 0. The number of likely N-dealkylation sites (N-methyl/N-ethyl adjacent to an activating group) is 1. The summed E-state index contributed by atoms with van der Waals surface area (Å²) >= 11 is 4.90. The van der Waals surface area contributed by atoms with Crippen molar-refractivity contribution in [3.63, 3.8) is 0 Å². The first-order valence-corrected chi connectivity index (χ1v) is 7.35. The lowest BCUT2D eigenvalue weighted by Gasteiger charge is -2.27. The maximum absolute atomic E-state index is 13.5. The van der Waals surface area contributed by atoms with E-state index in [9.17, 15) is 4.39 Å². The average Bonchev–Trinajstić information content (AvgIpc) is 2.38. The molecule has 1 fully saturated rings. The summed E-state index contributed by atoms with van der Waals surface area (Å²) in [6, 6.07) is 4.75. The second-order valence-corrected chi connectivity index (χ2v) is 5.84. The van der Waals surface area contributed by atoms with Crippen LogP contribution in [0.15, 0.2) is 18.2 Å². The molecule has 1 aliphatic heterocycles. The Morgan fingerprint density at radius 2 is 2.25 bits per heavy atom. The molecule has 20 heavy (non-hydrogen) atoms. The van der Waals surface area contributed by atoms with Crippen molar-refractivity contribution in [2.45, 2.75) is 31.9 Å². The molecule has 110 valence electrons. The fraction of sp³-hybridized carbons (Fsp3) is 0.533. The van der Waals surface area contributed by atoms with Crippen LogP contribution in [0.25, 0.3) is 0 Å². The minimum atomic E-state index is -0.299. The quantitative estimate of drug-likeness (QED) is 0.847. The van der Waals surface area contributed by atoms with Gasteiger partial charge in [0, 0.05) is 25.3 Å². The predicted molar refractivity (Wildman–Crippen MR) is 82.2 cm³/mol. The highest BCUT2D eigenvalue weighted by atomic mass is 32.1. The van der Waals surface area contributed by atoms with E-state index in [2.05, 4.69) is 4.90 Å². The number of nitrogens with two attached hydrogens (primary N) is 1. The number of hydrogen-bond donors (Lipinski definition) is 1. The monoisotopic (exact) mass is 296 g/mol. The van der Waals surface area contributed by atoms with E-state index in [1.54, 1.807) is 0 Å². The highest BCUT2D eigenvalue weighted by Gasteiger charge is 2.16. The van der Waals surface area contributed by atoms with E-state index in [-0.39, 0.29) is 16.9 Å². The van der Waals surface area contributed by atoms with Gasteiger partial charge in [0.25, 0.3) is 0 Å². The van der Waals surface area contributed by atoms with Gasteiger partial charge in [-0.1, -0.05) is 12.2 Å². The second kappa shape index (κ2) is 7.11. The fourth-order valence-corrected chi connectivity index (χ4v) is 2.68. The number of benzene rings is 1. The molecular weight excluding hydrogens is 275 g/mol. The van der Waals surface area contributed by atoms with Crippen molar-refractivity contribution in [1.82, 2.24) is 4.90 Å². The molecule has 2 N–H and O–H groups in total. The number of hydrogen-bond acceptors (Lipinski definition) is 3. The summed E-state index contributed by atoms with van der Waals surface area (Å²) in [5.41, 5.74) is 7.02. The van der Waals surface area contributed by atoms with Gasteiger partial charge in [0.15, 0.2) is 0 Å². The maximum Gasteiger partial charge on any atom is 0.124 e. The van der Waals surface area contributed by atoms with E-state index >= 15 is 0 Å². The molecule has 0 amide bonds. The summed E-state index contributed by atoms with van der Waals surface area (Å²) < 4.78 is 19.3. The zero-order valence-corrected chi connectivity index (χ0v) is 12.6. The molecule has 0 bridgehead atoms. The summed E-state index contributed by atoms with van der Waals surface area (Å²) in [5.74, 6) is -0.299. The van der Waals surface area contributed by atoms with Gasteiger partial charge in [0.1, 0.15) is 10.8 Å². The van der Waals surface area contributed by atoms with E-state index in [0.29, 0.717) is 12.1 Å². The van der Waals surface area contributed by atoms with Crippen molar-refractivity contribution in [3.05, 3.63) is 35.1 Å². The normalized spacial score (nSPS) is 19.2. The van der Waals surface area contributed by atoms with Crippen LogP contribution in [-0.2, 0) is 11.3 Å². The van der Waals surface area contributed by atoms with Gasteiger partial charge in [-0.15, -0.1) is 0 Å². The molecule has 3 nitrogen and oxygen atoms in total. The standard InChI is InChI=1S/C15H21FN2OS/c1-18(10-14-4-2-3-5-19-14)9-11-6-12(15(17)20)8-13(16)7-11/h6-8,14H,2-5,9-10H2,1H3,(H2,17,20). The van der Waals surface area contributed by atoms with Crippen LogP contribution in [0.2, 0.25) is 0 Å². The predicted octanol–water partition coefficient (Wildman–Crippen LogP) is 2.46. The van der Waals surface area contributed by atoms with Crippen LogP contribution in [0.5, 0.6) is 0 Å². The van der Waals surface area contributed by atoms with E-state index < -0.39 is 0 Å². The molecule has 0 aliphatic carbocycles. The minimum absolute atomic E-state index is 0.226. The third-order valence-corrected chi connectivity index (χ3v) is 3.72. The molecule has 0 spiro atoms. The van der Waals surface area contributed by atoms with Crippen molar-refractivity contribution < 1.29 is 9.13 Å². The topological polar surface area (TPSA) is 38.5 Å². The van der Waals surface area contributed by atoms with Crippen molar-refractivity contribution in [1.29, 1.82) is 0 Å². The first kappa shape index (κ1) is 15.4. The molecule has 5 heteroatoms. The van der Waals surface area contributed by atoms with Crippen LogP contribution in [0.4, 0.5) is 4.39 Å². The number of nitrogens with zero attached hydrogens (tertiary/aromatic N) is 1. The molecule has 0 radical (unpaired) electrons. The lowest BCUT2D eigenvalue weighted by atomic mass is 10.1. The number of rotatable bonds is 5. The van der Waals surface area contributed by atoms with Crippen LogP contribution in [0.3, 0.4) is 0 Å². The SMILES string of the molecule is CN(Cc1cc(F)cc(C(N)=S)c1)CC1CCCCO1. The van der Waals surface area contributed by atoms with Gasteiger partial charge in [0.2, 0.25) is 0 Å². The molecule has 1 aromatic rings. The van der Waals surface area contributed by atoms with E-state index in [0.717, 1.165) is 31.6 Å². The number of halogens is 1. The largest absolute Gasteiger partial charge is 0.389 e. The molecule has 1 heterocycles. The molecule has 1 atom stereocenters. The van der Waals surface area contributed by atoms with E-state index in [1.807, 2.05) is 13.1 Å². The fourth-order valence-electron chi connectivity index (χ4n) is 2.56. The van der Waals surface area contributed by atoms with Gasteiger partial charge in [-0.3, -0.25) is 4.90 Å². The summed E-state index contributed by atoms with van der Waals surface area (Å²) in [4.78, 5) is 2.37. The van der Waals surface area contributed by atoms with Crippen LogP contribution >= 0.6 is 12.2 Å². The third kappa shape index (κ3) is 4.51. The lowest BCUT2D eigenvalue weighted by molar-refractivity contribution is -0.00259. The van der Waals surface area contributed by atoms with Gasteiger partial charge < -0.3 is 10.5 Å². The first-order valence-electron chi connectivity index (χ1n) is 6.94. The number of ether oxygens (including phenoxy) is 1. The summed E-state index contributed by atoms with van der Waals surface area (Å²) in [6.45, 7) is 2.37. The Bertz CT molecular complexity index is 475. The average molecular weight is 296 g/mol.